The minimum absolute atomic E-state index is 0.0927. The highest BCUT2D eigenvalue weighted by molar-refractivity contribution is 7.99. The Kier molecular flexibility index (Phi) is 5.63. The molecule has 0 atom stereocenters. The van der Waals surface area contributed by atoms with E-state index in [0.717, 1.165) is 22.6 Å². The van der Waals surface area contributed by atoms with Gasteiger partial charge in [-0.1, -0.05) is 23.4 Å². The zero-order chi connectivity index (χ0) is 21.3. The number of hydrogen-bond donors (Lipinski definition) is 1. The number of carbonyl (C=O) groups excluding carboxylic acids is 1. The number of amides is 1. The number of benzene rings is 2. The summed E-state index contributed by atoms with van der Waals surface area (Å²) in [7, 11) is 0. The van der Waals surface area contributed by atoms with Crippen LogP contribution in [0.5, 0.6) is 5.75 Å². The lowest BCUT2D eigenvalue weighted by atomic mass is 10.0. The lowest BCUT2D eigenvalue weighted by Crippen LogP contribution is -2.14. The minimum atomic E-state index is -0.0927. The number of nitrogens with one attached hydrogen (secondary N) is 1. The number of aryl methyl sites for hydroxylation is 3. The summed E-state index contributed by atoms with van der Waals surface area (Å²) >= 11 is 1.38. The first kappa shape index (κ1) is 20.2. The molecule has 6 nitrogen and oxygen atoms in total. The van der Waals surface area contributed by atoms with Crippen LogP contribution in [0.1, 0.15) is 23.6 Å². The quantitative estimate of drug-likeness (QED) is 0.448. The van der Waals surface area contributed by atoms with E-state index in [4.69, 9.17) is 4.74 Å². The van der Waals surface area contributed by atoms with Crippen molar-refractivity contribution in [3.8, 4) is 5.75 Å². The Morgan fingerprint density at radius 3 is 2.57 bits per heavy atom. The van der Waals surface area contributed by atoms with Gasteiger partial charge in [0.25, 0.3) is 0 Å². The largest absolute Gasteiger partial charge is 0.494 e. The molecule has 0 aliphatic rings. The second kappa shape index (κ2) is 8.36. The monoisotopic (exact) mass is 420 g/mol. The molecule has 2 aromatic heterocycles. The molecule has 0 spiro atoms. The van der Waals surface area contributed by atoms with Gasteiger partial charge in [-0.2, -0.15) is 0 Å². The van der Waals surface area contributed by atoms with Crippen molar-refractivity contribution in [2.45, 2.75) is 32.9 Å². The van der Waals surface area contributed by atoms with Crippen molar-refractivity contribution in [2.75, 3.05) is 17.7 Å². The number of thioether (sulfide) groups is 1. The molecule has 0 saturated carbocycles. The van der Waals surface area contributed by atoms with E-state index in [1.807, 2.05) is 41.7 Å². The van der Waals surface area contributed by atoms with Gasteiger partial charge in [0.2, 0.25) is 5.91 Å². The van der Waals surface area contributed by atoms with Gasteiger partial charge in [-0.25, -0.2) is 0 Å². The molecule has 7 heteroatoms. The molecule has 0 saturated heterocycles. The molecule has 0 aliphatic heterocycles. The topological polar surface area (TPSA) is 68.5 Å². The zero-order valence-corrected chi connectivity index (χ0v) is 18.3. The van der Waals surface area contributed by atoms with Crippen molar-refractivity contribution >= 4 is 39.9 Å². The minimum Gasteiger partial charge on any atom is -0.494 e. The smallest absolute Gasteiger partial charge is 0.234 e. The van der Waals surface area contributed by atoms with E-state index in [1.165, 1.54) is 33.8 Å². The van der Waals surface area contributed by atoms with Crippen LogP contribution in [0, 0.1) is 20.8 Å². The Bertz CT molecular complexity index is 1230. The van der Waals surface area contributed by atoms with Crippen LogP contribution in [-0.2, 0) is 4.79 Å². The summed E-state index contributed by atoms with van der Waals surface area (Å²) in [6.45, 7) is 8.84. The third kappa shape index (κ3) is 3.98. The first-order valence-electron chi connectivity index (χ1n) is 9.87. The number of anilines is 1. The van der Waals surface area contributed by atoms with Gasteiger partial charge in [-0.15, -0.1) is 10.2 Å². The number of carbonyl (C=O) groups is 1. The van der Waals surface area contributed by atoms with Crippen molar-refractivity contribution < 1.29 is 9.53 Å². The van der Waals surface area contributed by atoms with E-state index in [0.29, 0.717) is 11.8 Å². The number of ether oxygens (including phenoxy) is 1. The second-order valence-electron chi connectivity index (χ2n) is 7.28. The Labute approximate surface area is 179 Å². The third-order valence-electron chi connectivity index (χ3n) is 4.88. The van der Waals surface area contributed by atoms with E-state index < -0.39 is 0 Å². The summed E-state index contributed by atoms with van der Waals surface area (Å²) in [6.07, 6.45) is 0. The van der Waals surface area contributed by atoms with E-state index in [2.05, 4.69) is 48.4 Å². The molecular formula is C23H24N4O2S. The van der Waals surface area contributed by atoms with Gasteiger partial charge in [0.1, 0.15) is 5.75 Å². The highest BCUT2D eigenvalue weighted by Gasteiger charge is 2.15. The maximum atomic E-state index is 12.5. The summed E-state index contributed by atoms with van der Waals surface area (Å²) in [5, 5.41) is 13.5. The summed E-state index contributed by atoms with van der Waals surface area (Å²) in [5.41, 5.74) is 6.18. The molecule has 1 N–H and O–H groups in total. The number of fused-ring (bicyclic) bond motifs is 3. The van der Waals surface area contributed by atoms with Crippen LogP contribution in [-0.4, -0.2) is 32.9 Å². The standard InChI is InChI=1S/C23H24N4O2S/c1-5-29-18-8-6-17(7-9-18)24-21(28)13-30-23-26-25-20-12-15(3)19-11-14(2)10-16(4)22(19)27(20)23/h6-12H,5,13H2,1-4H3,(H,24,28). The van der Waals surface area contributed by atoms with Crippen molar-refractivity contribution in [1.82, 2.24) is 14.6 Å². The van der Waals surface area contributed by atoms with Gasteiger partial charge in [-0.3, -0.25) is 9.20 Å². The van der Waals surface area contributed by atoms with E-state index in [9.17, 15) is 4.79 Å². The van der Waals surface area contributed by atoms with Crippen LogP contribution in [0.15, 0.2) is 47.6 Å². The first-order valence-corrected chi connectivity index (χ1v) is 10.9. The molecule has 1 amide bonds. The van der Waals surface area contributed by atoms with Gasteiger partial charge in [-0.05, 0) is 75.2 Å². The Balaban J connectivity index is 1.55. The maximum Gasteiger partial charge on any atom is 0.234 e. The molecule has 0 radical (unpaired) electrons. The van der Waals surface area contributed by atoms with Crippen LogP contribution >= 0.6 is 11.8 Å². The molecule has 2 heterocycles. The molecule has 4 rings (SSSR count). The molecule has 30 heavy (non-hydrogen) atoms. The molecule has 4 aromatic rings. The van der Waals surface area contributed by atoms with Gasteiger partial charge in [0.05, 0.1) is 17.9 Å². The molecule has 0 bridgehead atoms. The lowest BCUT2D eigenvalue weighted by Gasteiger charge is -2.11. The van der Waals surface area contributed by atoms with Gasteiger partial charge in [0.15, 0.2) is 10.8 Å². The summed E-state index contributed by atoms with van der Waals surface area (Å²) in [6, 6.07) is 13.7. The fourth-order valence-electron chi connectivity index (χ4n) is 3.64. The zero-order valence-electron chi connectivity index (χ0n) is 17.5. The number of hydrogen-bond acceptors (Lipinski definition) is 5. The number of rotatable bonds is 6. The van der Waals surface area contributed by atoms with Crippen LogP contribution in [0.25, 0.3) is 16.6 Å². The summed E-state index contributed by atoms with van der Waals surface area (Å²) < 4.78 is 7.48. The van der Waals surface area contributed by atoms with Crippen molar-refractivity contribution in [3.63, 3.8) is 0 Å². The Hall–Kier alpha value is -3.06. The van der Waals surface area contributed by atoms with Crippen LogP contribution in [0.3, 0.4) is 0 Å². The fourth-order valence-corrected chi connectivity index (χ4v) is 4.38. The van der Waals surface area contributed by atoms with Crippen LogP contribution in [0.4, 0.5) is 5.69 Å². The van der Waals surface area contributed by atoms with Gasteiger partial charge < -0.3 is 10.1 Å². The highest BCUT2D eigenvalue weighted by atomic mass is 32.2. The average molecular weight is 421 g/mol. The predicted molar refractivity (Wildman–Crippen MR) is 122 cm³/mol. The first-order chi connectivity index (χ1) is 14.5. The Morgan fingerprint density at radius 2 is 1.83 bits per heavy atom. The average Bonchev–Trinajstić information content (AvgIpc) is 3.10. The van der Waals surface area contributed by atoms with E-state index in [-0.39, 0.29) is 11.7 Å². The van der Waals surface area contributed by atoms with Crippen molar-refractivity contribution in [3.05, 3.63) is 59.2 Å². The fraction of sp³-hybridized carbons (Fsp3) is 0.261. The molecule has 0 fully saturated rings. The number of pyridine rings is 1. The van der Waals surface area contributed by atoms with E-state index >= 15 is 0 Å². The molecule has 154 valence electrons. The molecule has 0 unspecified atom stereocenters. The molecule has 0 aliphatic carbocycles. The summed E-state index contributed by atoms with van der Waals surface area (Å²) in [4.78, 5) is 12.5. The third-order valence-corrected chi connectivity index (χ3v) is 5.81. The predicted octanol–water partition coefficient (Wildman–Crippen LogP) is 4.94. The SMILES string of the molecule is CCOc1ccc(NC(=O)CSc2nnc3cc(C)c4cc(C)cc(C)c4n23)cc1. The van der Waals surface area contributed by atoms with Crippen molar-refractivity contribution in [2.24, 2.45) is 0 Å². The van der Waals surface area contributed by atoms with Gasteiger partial charge >= 0.3 is 0 Å². The molecule has 2 aromatic carbocycles. The summed E-state index contributed by atoms with van der Waals surface area (Å²) in [5.74, 6) is 0.936. The normalized spacial score (nSPS) is 11.2. The van der Waals surface area contributed by atoms with Crippen LogP contribution < -0.4 is 10.1 Å². The van der Waals surface area contributed by atoms with Crippen LogP contribution in [0.2, 0.25) is 0 Å². The highest BCUT2D eigenvalue weighted by Crippen LogP contribution is 2.29. The van der Waals surface area contributed by atoms with Crippen molar-refractivity contribution in [1.29, 1.82) is 0 Å². The lowest BCUT2D eigenvalue weighted by molar-refractivity contribution is -0.113. The number of nitrogens with zero attached hydrogens (tertiary/aromatic N) is 3. The van der Waals surface area contributed by atoms with Gasteiger partial charge in [0, 0.05) is 11.1 Å². The number of aromatic nitrogens is 3. The second-order valence-corrected chi connectivity index (χ2v) is 8.22. The molecular weight excluding hydrogens is 396 g/mol. The Morgan fingerprint density at radius 1 is 1.07 bits per heavy atom. The van der Waals surface area contributed by atoms with E-state index in [1.54, 1.807) is 0 Å². The maximum absolute atomic E-state index is 12.5.